The Morgan fingerprint density at radius 2 is 2.19 bits per heavy atom. The quantitative estimate of drug-likeness (QED) is 0.732. The van der Waals surface area contributed by atoms with Gasteiger partial charge in [0, 0.05) is 13.2 Å². The molecule has 0 aliphatic heterocycles. The summed E-state index contributed by atoms with van der Waals surface area (Å²) in [6, 6.07) is 0. The minimum absolute atomic E-state index is 0.0300. The normalized spacial score (nSPS) is 11.5. The van der Waals surface area contributed by atoms with Crippen LogP contribution in [0.4, 0.5) is 11.6 Å². The number of aliphatic hydroxyl groups is 1. The largest absolute Gasteiger partial charge is 0.396 e. The molecule has 16 heavy (non-hydrogen) atoms. The summed E-state index contributed by atoms with van der Waals surface area (Å²) in [6.07, 6.45) is 2.07. The zero-order valence-electron chi connectivity index (χ0n) is 9.50. The van der Waals surface area contributed by atoms with Crippen molar-refractivity contribution in [2.24, 2.45) is 5.41 Å². The molecule has 1 aromatic heterocycles. The lowest BCUT2D eigenvalue weighted by Crippen LogP contribution is -2.24. The maximum absolute atomic E-state index is 8.90. The summed E-state index contributed by atoms with van der Waals surface area (Å²) in [5, 5.41) is 12.3. The van der Waals surface area contributed by atoms with E-state index in [1.807, 2.05) is 0 Å². The molecule has 1 heterocycles. The molecule has 0 radical (unpaired) electrons. The Balaban J connectivity index is 2.64. The second-order valence-corrected chi connectivity index (χ2v) is 4.79. The first-order valence-electron chi connectivity index (χ1n) is 5.07. The van der Waals surface area contributed by atoms with Gasteiger partial charge in [-0.3, -0.25) is 0 Å². The molecular formula is C10H17ClN4O. The molecule has 0 saturated carbocycles. The third-order valence-electron chi connectivity index (χ3n) is 2.34. The first-order chi connectivity index (χ1) is 7.46. The number of aromatic nitrogens is 2. The predicted molar refractivity (Wildman–Crippen MR) is 65.4 cm³/mol. The van der Waals surface area contributed by atoms with Crippen molar-refractivity contribution >= 4 is 23.2 Å². The molecule has 5 nitrogen and oxygen atoms in total. The van der Waals surface area contributed by atoms with E-state index in [0.717, 1.165) is 0 Å². The van der Waals surface area contributed by atoms with Crippen molar-refractivity contribution in [3.63, 3.8) is 0 Å². The lowest BCUT2D eigenvalue weighted by molar-refractivity contribution is 0.220. The number of halogens is 1. The maximum Gasteiger partial charge on any atom is 0.150 e. The molecular weight excluding hydrogens is 228 g/mol. The third-order valence-corrected chi connectivity index (χ3v) is 2.71. The Morgan fingerprint density at radius 1 is 1.50 bits per heavy atom. The van der Waals surface area contributed by atoms with Gasteiger partial charge < -0.3 is 16.2 Å². The molecule has 0 aliphatic carbocycles. The van der Waals surface area contributed by atoms with Crippen molar-refractivity contribution < 1.29 is 5.11 Å². The predicted octanol–water partition coefficient (Wildman–Crippen LogP) is 1.53. The smallest absolute Gasteiger partial charge is 0.150 e. The molecule has 6 heteroatoms. The number of nitrogen functional groups attached to an aromatic ring is 1. The highest BCUT2D eigenvalue weighted by atomic mass is 35.5. The Labute approximate surface area is 100 Å². The molecule has 0 bridgehead atoms. The Morgan fingerprint density at radius 3 is 2.81 bits per heavy atom. The van der Waals surface area contributed by atoms with Gasteiger partial charge in [0.05, 0.1) is 0 Å². The number of hydrogen-bond acceptors (Lipinski definition) is 5. The second-order valence-electron chi connectivity index (χ2n) is 4.41. The van der Waals surface area contributed by atoms with E-state index in [2.05, 4.69) is 29.1 Å². The van der Waals surface area contributed by atoms with Crippen molar-refractivity contribution in [1.82, 2.24) is 9.97 Å². The van der Waals surface area contributed by atoms with E-state index in [0.29, 0.717) is 23.8 Å². The molecule has 1 aromatic rings. The fourth-order valence-corrected chi connectivity index (χ4v) is 1.39. The number of hydrogen-bond donors (Lipinski definition) is 3. The standard InChI is InChI=1S/C10H17ClN4O/c1-10(2,3-4-16)5-13-9-7(11)8(12)14-6-15-9/h6,16H,3-5H2,1-2H3,(H3,12,13,14,15). The number of rotatable bonds is 5. The number of nitrogens with one attached hydrogen (secondary N) is 1. The van der Waals surface area contributed by atoms with Gasteiger partial charge in [0.1, 0.15) is 23.0 Å². The second kappa shape index (κ2) is 5.32. The van der Waals surface area contributed by atoms with Gasteiger partial charge in [0.2, 0.25) is 0 Å². The van der Waals surface area contributed by atoms with Crippen LogP contribution < -0.4 is 11.1 Å². The SMILES string of the molecule is CC(C)(CCO)CNc1ncnc(N)c1Cl. The summed E-state index contributed by atoms with van der Waals surface area (Å²) in [6.45, 7) is 4.92. The van der Waals surface area contributed by atoms with Gasteiger partial charge in [0.25, 0.3) is 0 Å². The molecule has 0 atom stereocenters. The van der Waals surface area contributed by atoms with Crippen LogP contribution in [0.2, 0.25) is 5.02 Å². The molecule has 0 aliphatic rings. The van der Waals surface area contributed by atoms with E-state index >= 15 is 0 Å². The summed E-state index contributed by atoms with van der Waals surface area (Å²) >= 11 is 5.94. The van der Waals surface area contributed by atoms with Gasteiger partial charge in [-0.15, -0.1) is 0 Å². The fourth-order valence-electron chi connectivity index (χ4n) is 1.22. The highest BCUT2D eigenvalue weighted by molar-refractivity contribution is 6.35. The molecule has 4 N–H and O–H groups in total. The van der Waals surface area contributed by atoms with Crippen LogP contribution in [0.15, 0.2) is 6.33 Å². The van der Waals surface area contributed by atoms with Crippen molar-refractivity contribution in [2.75, 3.05) is 24.2 Å². The maximum atomic E-state index is 8.90. The molecule has 0 aromatic carbocycles. The summed E-state index contributed by atoms with van der Waals surface area (Å²) in [5.74, 6) is 0.791. The van der Waals surface area contributed by atoms with Crippen LogP contribution in [0.25, 0.3) is 0 Å². The van der Waals surface area contributed by atoms with Gasteiger partial charge in [-0.25, -0.2) is 9.97 Å². The average Bonchev–Trinajstić information content (AvgIpc) is 2.20. The van der Waals surface area contributed by atoms with Crippen LogP contribution in [0.3, 0.4) is 0 Å². The zero-order valence-corrected chi connectivity index (χ0v) is 10.3. The minimum Gasteiger partial charge on any atom is -0.396 e. The van der Waals surface area contributed by atoms with Crippen molar-refractivity contribution in [3.8, 4) is 0 Å². The fraction of sp³-hybridized carbons (Fsp3) is 0.600. The monoisotopic (exact) mass is 244 g/mol. The van der Waals surface area contributed by atoms with E-state index < -0.39 is 0 Å². The molecule has 0 unspecified atom stereocenters. The van der Waals surface area contributed by atoms with Crippen molar-refractivity contribution in [1.29, 1.82) is 0 Å². The Kier molecular flexibility index (Phi) is 4.32. The number of nitrogens with two attached hydrogens (primary N) is 1. The van der Waals surface area contributed by atoms with Gasteiger partial charge in [-0.05, 0) is 11.8 Å². The van der Waals surface area contributed by atoms with E-state index in [1.165, 1.54) is 6.33 Å². The Hall–Kier alpha value is -1.07. The molecule has 0 fully saturated rings. The highest BCUT2D eigenvalue weighted by Crippen LogP contribution is 2.26. The molecule has 1 rings (SSSR count). The van der Waals surface area contributed by atoms with Crippen LogP contribution >= 0.6 is 11.6 Å². The Bertz CT molecular complexity index is 357. The van der Waals surface area contributed by atoms with E-state index in [4.69, 9.17) is 22.4 Å². The van der Waals surface area contributed by atoms with Crippen LogP contribution in [-0.4, -0.2) is 28.2 Å². The number of nitrogens with zero attached hydrogens (tertiary/aromatic N) is 2. The number of aliphatic hydroxyl groups excluding tert-OH is 1. The van der Waals surface area contributed by atoms with E-state index in [9.17, 15) is 0 Å². The summed E-state index contributed by atoms with van der Waals surface area (Å²) in [5.41, 5.74) is 5.53. The van der Waals surface area contributed by atoms with Crippen LogP contribution in [0.1, 0.15) is 20.3 Å². The average molecular weight is 245 g/mol. The zero-order chi connectivity index (χ0) is 12.2. The van der Waals surface area contributed by atoms with Gasteiger partial charge in [-0.1, -0.05) is 25.4 Å². The van der Waals surface area contributed by atoms with Crippen LogP contribution in [0.5, 0.6) is 0 Å². The van der Waals surface area contributed by atoms with E-state index in [1.54, 1.807) is 0 Å². The minimum atomic E-state index is -0.0300. The first kappa shape index (κ1) is 13.0. The van der Waals surface area contributed by atoms with Gasteiger partial charge >= 0.3 is 0 Å². The molecule has 0 spiro atoms. The van der Waals surface area contributed by atoms with Gasteiger partial charge in [0.15, 0.2) is 0 Å². The van der Waals surface area contributed by atoms with E-state index in [-0.39, 0.29) is 17.8 Å². The summed E-state index contributed by atoms with van der Waals surface area (Å²) in [4.78, 5) is 7.78. The number of anilines is 2. The highest BCUT2D eigenvalue weighted by Gasteiger charge is 2.18. The molecule has 0 amide bonds. The lowest BCUT2D eigenvalue weighted by atomic mass is 9.90. The van der Waals surface area contributed by atoms with Crippen molar-refractivity contribution in [3.05, 3.63) is 11.3 Å². The lowest BCUT2D eigenvalue weighted by Gasteiger charge is -2.24. The topological polar surface area (TPSA) is 84.1 Å². The summed E-state index contributed by atoms with van der Waals surface area (Å²) in [7, 11) is 0. The first-order valence-corrected chi connectivity index (χ1v) is 5.45. The van der Waals surface area contributed by atoms with Gasteiger partial charge in [-0.2, -0.15) is 0 Å². The summed E-state index contributed by atoms with van der Waals surface area (Å²) < 4.78 is 0. The van der Waals surface area contributed by atoms with Crippen molar-refractivity contribution in [2.45, 2.75) is 20.3 Å². The molecule has 90 valence electrons. The van der Waals surface area contributed by atoms with Crippen LogP contribution in [0, 0.1) is 5.41 Å². The third kappa shape index (κ3) is 3.50. The molecule has 0 saturated heterocycles. The van der Waals surface area contributed by atoms with Crippen LogP contribution in [-0.2, 0) is 0 Å².